The molecule has 0 unspecified atom stereocenters. The minimum atomic E-state index is -0.622. The van der Waals surface area contributed by atoms with Crippen LogP contribution in [0.4, 0.5) is 0 Å². The second-order valence-electron chi connectivity index (χ2n) is 4.80. The second-order valence-corrected chi connectivity index (χ2v) is 4.80. The Balaban J connectivity index is 2.08. The Morgan fingerprint density at radius 2 is 1.57 bits per heavy atom. The summed E-state index contributed by atoms with van der Waals surface area (Å²) in [7, 11) is 0. The lowest BCUT2D eigenvalue weighted by Gasteiger charge is -2.16. The van der Waals surface area contributed by atoms with Gasteiger partial charge < -0.3 is 4.74 Å². The first-order valence-electron chi connectivity index (χ1n) is 6.50. The third kappa shape index (κ3) is 1.73. The van der Waals surface area contributed by atoms with Crippen molar-refractivity contribution >= 4 is 22.8 Å². The number of aromatic nitrogens is 1. The summed E-state index contributed by atoms with van der Waals surface area (Å²) in [6.45, 7) is 0. The molecule has 0 fully saturated rings. The van der Waals surface area contributed by atoms with Gasteiger partial charge in [0, 0.05) is 10.9 Å². The van der Waals surface area contributed by atoms with Crippen LogP contribution in [0.15, 0.2) is 54.6 Å². The molecule has 0 amide bonds. The van der Waals surface area contributed by atoms with Crippen molar-refractivity contribution in [2.75, 3.05) is 0 Å². The molecule has 3 aromatic rings. The molecule has 0 radical (unpaired) electrons. The van der Waals surface area contributed by atoms with Crippen LogP contribution in [0.2, 0.25) is 0 Å². The molecule has 1 aliphatic rings. The standard InChI is InChI=1S/C17H9NO3/c19-16-11-7-4-8-13-15(11)12(17(20)21-16)9-14(18-13)10-5-2-1-3-6-10/h1-9H. The molecule has 2 aromatic carbocycles. The normalized spacial score (nSPS) is 13.3. The summed E-state index contributed by atoms with van der Waals surface area (Å²) in [5, 5.41) is 0.568. The van der Waals surface area contributed by atoms with Crippen molar-refractivity contribution in [3.8, 4) is 11.3 Å². The Hall–Kier alpha value is -3.01. The molecule has 0 aliphatic carbocycles. The molecule has 4 rings (SSSR count). The number of esters is 2. The lowest BCUT2D eigenvalue weighted by Crippen LogP contribution is -2.20. The van der Waals surface area contributed by atoms with Gasteiger partial charge in [-0.1, -0.05) is 36.4 Å². The Morgan fingerprint density at radius 3 is 2.38 bits per heavy atom. The molecule has 0 saturated heterocycles. The molecule has 0 spiro atoms. The number of hydrogen-bond donors (Lipinski definition) is 0. The highest BCUT2D eigenvalue weighted by Gasteiger charge is 2.28. The van der Waals surface area contributed by atoms with Crippen LogP contribution in [0.5, 0.6) is 0 Å². The predicted molar refractivity (Wildman–Crippen MR) is 76.9 cm³/mol. The minimum Gasteiger partial charge on any atom is -0.386 e. The van der Waals surface area contributed by atoms with Crippen LogP contribution in [0.3, 0.4) is 0 Å². The van der Waals surface area contributed by atoms with Gasteiger partial charge in [0.05, 0.1) is 22.3 Å². The maximum atomic E-state index is 12.0. The number of rotatable bonds is 1. The topological polar surface area (TPSA) is 56.3 Å². The van der Waals surface area contributed by atoms with Gasteiger partial charge in [-0.25, -0.2) is 14.6 Å². The summed E-state index contributed by atoms with van der Waals surface area (Å²) < 4.78 is 4.79. The third-order valence-corrected chi connectivity index (χ3v) is 3.53. The van der Waals surface area contributed by atoms with Crippen molar-refractivity contribution in [2.45, 2.75) is 0 Å². The largest absolute Gasteiger partial charge is 0.386 e. The zero-order valence-electron chi connectivity index (χ0n) is 10.9. The number of benzene rings is 2. The average molecular weight is 275 g/mol. The van der Waals surface area contributed by atoms with E-state index in [1.165, 1.54) is 0 Å². The number of hydrogen-bond acceptors (Lipinski definition) is 4. The van der Waals surface area contributed by atoms with E-state index in [1.54, 1.807) is 24.3 Å². The van der Waals surface area contributed by atoms with Gasteiger partial charge in [0.1, 0.15) is 0 Å². The molecule has 0 saturated carbocycles. The summed E-state index contributed by atoms with van der Waals surface area (Å²) in [6, 6.07) is 16.4. The Bertz CT molecular complexity index is 901. The summed E-state index contributed by atoms with van der Waals surface area (Å²) in [6.07, 6.45) is 0. The SMILES string of the molecule is O=C1OC(=O)c2cc(-c3ccccc3)nc3cccc1c23. The van der Waals surface area contributed by atoms with Crippen molar-refractivity contribution in [1.82, 2.24) is 4.98 Å². The number of cyclic esters (lactones) is 2. The summed E-state index contributed by atoms with van der Waals surface area (Å²) in [5.74, 6) is -1.24. The number of pyridine rings is 1. The van der Waals surface area contributed by atoms with Gasteiger partial charge in [0.25, 0.3) is 0 Å². The lowest BCUT2D eigenvalue weighted by molar-refractivity contribution is 0.0391. The molecule has 2 heterocycles. The fourth-order valence-electron chi connectivity index (χ4n) is 2.57. The number of nitrogens with zero attached hydrogens (tertiary/aromatic N) is 1. The van der Waals surface area contributed by atoms with Crippen molar-refractivity contribution in [3.63, 3.8) is 0 Å². The van der Waals surface area contributed by atoms with E-state index in [4.69, 9.17) is 4.74 Å². The second kappa shape index (κ2) is 4.24. The molecular weight excluding hydrogens is 266 g/mol. The maximum Gasteiger partial charge on any atom is 0.346 e. The minimum absolute atomic E-state index is 0.383. The quantitative estimate of drug-likeness (QED) is 0.505. The molecule has 0 atom stereocenters. The van der Waals surface area contributed by atoms with Crippen LogP contribution in [0.1, 0.15) is 20.7 Å². The van der Waals surface area contributed by atoms with Gasteiger partial charge in [-0.15, -0.1) is 0 Å². The van der Waals surface area contributed by atoms with E-state index in [0.29, 0.717) is 27.7 Å². The van der Waals surface area contributed by atoms with E-state index >= 15 is 0 Å². The monoisotopic (exact) mass is 275 g/mol. The molecule has 21 heavy (non-hydrogen) atoms. The molecule has 0 N–H and O–H groups in total. The van der Waals surface area contributed by atoms with Crippen molar-refractivity contribution in [1.29, 1.82) is 0 Å². The van der Waals surface area contributed by atoms with E-state index in [0.717, 1.165) is 5.56 Å². The van der Waals surface area contributed by atoms with Gasteiger partial charge in [-0.05, 0) is 18.2 Å². The van der Waals surface area contributed by atoms with E-state index in [2.05, 4.69) is 4.98 Å². The number of ether oxygens (including phenoxy) is 1. The molecule has 1 aliphatic heterocycles. The first-order valence-corrected chi connectivity index (χ1v) is 6.50. The fourth-order valence-corrected chi connectivity index (χ4v) is 2.57. The van der Waals surface area contributed by atoms with E-state index in [-0.39, 0.29) is 0 Å². The van der Waals surface area contributed by atoms with Gasteiger partial charge in [0.2, 0.25) is 0 Å². The first kappa shape index (κ1) is 11.8. The highest BCUT2D eigenvalue weighted by Crippen LogP contribution is 2.31. The van der Waals surface area contributed by atoms with Crippen LogP contribution < -0.4 is 0 Å². The first-order chi connectivity index (χ1) is 10.2. The highest BCUT2D eigenvalue weighted by molar-refractivity contribution is 6.20. The molecule has 0 bridgehead atoms. The van der Waals surface area contributed by atoms with Crippen molar-refractivity contribution in [3.05, 3.63) is 65.7 Å². The van der Waals surface area contributed by atoms with Gasteiger partial charge >= 0.3 is 11.9 Å². The predicted octanol–water partition coefficient (Wildman–Crippen LogP) is 3.21. The van der Waals surface area contributed by atoms with E-state index < -0.39 is 11.9 Å². The van der Waals surface area contributed by atoms with Gasteiger partial charge in [0.15, 0.2) is 0 Å². The van der Waals surface area contributed by atoms with Crippen molar-refractivity contribution < 1.29 is 14.3 Å². The van der Waals surface area contributed by atoms with E-state index in [9.17, 15) is 9.59 Å². The van der Waals surface area contributed by atoms with Crippen LogP contribution >= 0.6 is 0 Å². The zero-order valence-corrected chi connectivity index (χ0v) is 10.9. The van der Waals surface area contributed by atoms with Gasteiger partial charge in [-0.3, -0.25) is 0 Å². The van der Waals surface area contributed by atoms with Gasteiger partial charge in [-0.2, -0.15) is 0 Å². The summed E-state index contributed by atoms with van der Waals surface area (Å²) in [5.41, 5.74) is 2.98. The van der Waals surface area contributed by atoms with Crippen LogP contribution in [-0.2, 0) is 4.74 Å². The maximum absolute atomic E-state index is 12.0. The highest BCUT2D eigenvalue weighted by atomic mass is 16.6. The molecule has 4 nitrogen and oxygen atoms in total. The fraction of sp³-hybridized carbons (Fsp3) is 0. The van der Waals surface area contributed by atoms with Crippen LogP contribution in [-0.4, -0.2) is 16.9 Å². The summed E-state index contributed by atoms with van der Waals surface area (Å²) in [4.78, 5) is 28.3. The zero-order chi connectivity index (χ0) is 14.4. The summed E-state index contributed by atoms with van der Waals surface area (Å²) >= 11 is 0. The Kier molecular flexibility index (Phi) is 2.38. The lowest BCUT2D eigenvalue weighted by atomic mass is 9.98. The van der Waals surface area contributed by atoms with E-state index in [1.807, 2.05) is 30.3 Å². The average Bonchev–Trinajstić information content (AvgIpc) is 2.53. The molecule has 1 aromatic heterocycles. The van der Waals surface area contributed by atoms with Crippen molar-refractivity contribution in [2.24, 2.45) is 0 Å². The molecular formula is C17H9NO3. The van der Waals surface area contributed by atoms with Crippen LogP contribution in [0, 0.1) is 0 Å². The Morgan fingerprint density at radius 1 is 0.810 bits per heavy atom. The molecule has 100 valence electrons. The van der Waals surface area contributed by atoms with Crippen LogP contribution in [0.25, 0.3) is 22.2 Å². The molecule has 4 heteroatoms. The number of carbonyl (C=O) groups is 2. The smallest absolute Gasteiger partial charge is 0.346 e. The number of carbonyl (C=O) groups excluding carboxylic acids is 2. The Labute approximate surface area is 120 Å². The third-order valence-electron chi connectivity index (χ3n) is 3.53.